The zero-order valence-corrected chi connectivity index (χ0v) is 12.8. The molecule has 0 saturated carbocycles. The van der Waals surface area contributed by atoms with Gasteiger partial charge in [-0.2, -0.15) is 0 Å². The standard InChI is InChI=1S/C17H16O4S/c18-15-10-12(14-9-11-5-1-2-6-13(11)22-14)17(20-15)21-16-7-3-4-8-19-16/h1-2,5-6,9-10,16-17H,3-4,7-8H2. The predicted octanol–water partition coefficient (Wildman–Crippen LogP) is 3.71. The summed E-state index contributed by atoms with van der Waals surface area (Å²) in [4.78, 5) is 12.7. The summed E-state index contributed by atoms with van der Waals surface area (Å²) < 4.78 is 17.9. The van der Waals surface area contributed by atoms with Gasteiger partial charge in [0.25, 0.3) is 0 Å². The van der Waals surface area contributed by atoms with Crippen LogP contribution in [-0.4, -0.2) is 25.2 Å². The topological polar surface area (TPSA) is 44.8 Å². The highest BCUT2D eigenvalue weighted by Crippen LogP contribution is 2.36. The van der Waals surface area contributed by atoms with Crippen molar-refractivity contribution in [1.29, 1.82) is 0 Å². The Labute approximate surface area is 132 Å². The van der Waals surface area contributed by atoms with E-state index in [0.717, 1.165) is 35.1 Å². The number of thiophene rings is 1. The average Bonchev–Trinajstić information content (AvgIpc) is 3.11. The second kappa shape index (κ2) is 5.83. The Bertz CT molecular complexity index is 694. The van der Waals surface area contributed by atoms with E-state index in [0.29, 0.717) is 6.61 Å². The van der Waals surface area contributed by atoms with Gasteiger partial charge in [0, 0.05) is 27.8 Å². The first-order valence-electron chi connectivity index (χ1n) is 7.48. The van der Waals surface area contributed by atoms with Crippen molar-refractivity contribution in [3.8, 4) is 0 Å². The van der Waals surface area contributed by atoms with Gasteiger partial charge < -0.3 is 14.2 Å². The van der Waals surface area contributed by atoms with E-state index in [1.807, 2.05) is 12.1 Å². The summed E-state index contributed by atoms with van der Waals surface area (Å²) in [5.41, 5.74) is 0.792. The van der Waals surface area contributed by atoms with Gasteiger partial charge in [-0.15, -0.1) is 11.3 Å². The zero-order valence-electron chi connectivity index (χ0n) is 12.0. The first-order chi connectivity index (χ1) is 10.8. The predicted molar refractivity (Wildman–Crippen MR) is 84.4 cm³/mol. The highest BCUT2D eigenvalue weighted by atomic mass is 32.1. The summed E-state index contributed by atoms with van der Waals surface area (Å²) in [5, 5.41) is 1.16. The van der Waals surface area contributed by atoms with Crippen LogP contribution >= 0.6 is 11.3 Å². The van der Waals surface area contributed by atoms with Gasteiger partial charge in [0.2, 0.25) is 6.29 Å². The van der Waals surface area contributed by atoms with E-state index >= 15 is 0 Å². The highest BCUT2D eigenvalue weighted by molar-refractivity contribution is 7.20. The van der Waals surface area contributed by atoms with Gasteiger partial charge in [0.05, 0.1) is 0 Å². The lowest BCUT2D eigenvalue weighted by Crippen LogP contribution is -2.28. The van der Waals surface area contributed by atoms with Crippen molar-refractivity contribution in [3.63, 3.8) is 0 Å². The molecule has 4 rings (SSSR count). The molecular formula is C17H16O4S. The van der Waals surface area contributed by atoms with Crippen molar-refractivity contribution in [2.45, 2.75) is 31.8 Å². The van der Waals surface area contributed by atoms with Crippen molar-refractivity contribution < 1.29 is 19.0 Å². The van der Waals surface area contributed by atoms with Crippen LogP contribution in [0.15, 0.2) is 36.4 Å². The van der Waals surface area contributed by atoms with Gasteiger partial charge in [-0.05, 0) is 36.8 Å². The number of esters is 1. The minimum Gasteiger partial charge on any atom is -0.428 e. The fourth-order valence-corrected chi connectivity index (χ4v) is 3.85. The van der Waals surface area contributed by atoms with Crippen LogP contribution in [-0.2, 0) is 19.0 Å². The number of hydrogen-bond donors (Lipinski definition) is 0. The van der Waals surface area contributed by atoms with Crippen molar-refractivity contribution >= 4 is 33.0 Å². The Balaban J connectivity index is 1.60. The molecule has 2 aromatic rings. The molecule has 0 aliphatic carbocycles. The molecule has 2 aliphatic rings. The number of rotatable bonds is 3. The Morgan fingerprint density at radius 1 is 1.23 bits per heavy atom. The molecule has 1 saturated heterocycles. The molecular weight excluding hydrogens is 300 g/mol. The van der Waals surface area contributed by atoms with Gasteiger partial charge in [0.15, 0.2) is 6.29 Å². The second-order valence-corrected chi connectivity index (χ2v) is 6.53. The molecule has 0 spiro atoms. The quantitative estimate of drug-likeness (QED) is 0.810. The van der Waals surface area contributed by atoms with Crippen molar-refractivity contribution in [3.05, 3.63) is 41.3 Å². The number of fused-ring (bicyclic) bond motifs is 1. The number of carbonyl (C=O) groups is 1. The van der Waals surface area contributed by atoms with Crippen LogP contribution in [0.3, 0.4) is 0 Å². The summed E-state index contributed by atoms with van der Waals surface area (Å²) in [7, 11) is 0. The maximum atomic E-state index is 11.7. The van der Waals surface area contributed by atoms with E-state index in [9.17, 15) is 4.79 Å². The number of carbonyl (C=O) groups excluding carboxylic acids is 1. The fourth-order valence-electron chi connectivity index (χ4n) is 2.77. The summed E-state index contributed by atoms with van der Waals surface area (Å²) in [6.45, 7) is 0.702. The number of ether oxygens (including phenoxy) is 3. The minimum absolute atomic E-state index is 0.289. The van der Waals surface area contributed by atoms with E-state index in [1.165, 1.54) is 10.8 Å². The van der Waals surface area contributed by atoms with Gasteiger partial charge >= 0.3 is 5.97 Å². The molecule has 0 radical (unpaired) electrons. The number of hydrogen-bond acceptors (Lipinski definition) is 5. The van der Waals surface area contributed by atoms with E-state index in [4.69, 9.17) is 14.2 Å². The summed E-state index contributed by atoms with van der Waals surface area (Å²) in [6.07, 6.45) is 3.55. The lowest BCUT2D eigenvalue weighted by atomic mass is 10.1. The maximum absolute atomic E-state index is 11.7. The highest BCUT2D eigenvalue weighted by Gasteiger charge is 2.32. The Morgan fingerprint density at radius 2 is 2.14 bits per heavy atom. The minimum atomic E-state index is -0.663. The molecule has 5 heteroatoms. The van der Waals surface area contributed by atoms with Crippen LogP contribution < -0.4 is 0 Å². The third kappa shape index (κ3) is 2.67. The molecule has 3 heterocycles. The zero-order chi connectivity index (χ0) is 14.9. The van der Waals surface area contributed by atoms with E-state index in [1.54, 1.807) is 11.3 Å². The monoisotopic (exact) mass is 316 g/mol. The molecule has 114 valence electrons. The van der Waals surface area contributed by atoms with E-state index < -0.39 is 6.29 Å². The Kier molecular flexibility index (Phi) is 3.70. The molecule has 1 aromatic heterocycles. The van der Waals surface area contributed by atoms with Crippen molar-refractivity contribution in [1.82, 2.24) is 0 Å². The molecule has 0 bridgehead atoms. The first kappa shape index (κ1) is 13.9. The fraction of sp³-hybridized carbons (Fsp3) is 0.353. The van der Waals surface area contributed by atoms with Crippen molar-refractivity contribution in [2.75, 3.05) is 6.61 Å². The molecule has 1 fully saturated rings. The van der Waals surface area contributed by atoms with Crippen LogP contribution in [0.4, 0.5) is 0 Å². The summed E-state index contributed by atoms with van der Waals surface area (Å²) >= 11 is 1.64. The van der Waals surface area contributed by atoms with Crippen LogP contribution in [0.1, 0.15) is 24.1 Å². The third-order valence-electron chi connectivity index (χ3n) is 3.87. The molecule has 2 atom stereocenters. The van der Waals surface area contributed by atoms with Crippen LogP contribution in [0.5, 0.6) is 0 Å². The van der Waals surface area contributed by atoms with Crippen LogP contribution in [0, 0.1) is 0 Å². The molecule has 0 N–H and O–H groups in total. The normalized spacial score (nSPS) is 25.3. The Hall–Kier alpha value is -1.69. The molecule has 2 aliphatic heterocycles. The third-order valence-corrected chi connectivity index (χ3v) is 5.04. The van der Waals surface area contributed by atoms with Gasteiger partial charge in [-0.3, -0.25) is 0 Å². The smallest absolute Gasteiger partial charge is 0.333 e. The SMILES string of the molecule is O=C1C=C(c2cc3ccccc3s2)C(OC2CCCCO2)O1. The molecule has 22 heavy (non-hydrogen) atoms. The van der Waals surface area contributed by atoms with Crippen LogP contribution in [0.2, 0.25) is 0 Å². The van der Waals surface area contributed by atoms with Crippen LogP contribution in [0.25, 0.3) is 15.7 Å². The second-order valence-electron chi connectivity index (χ2n) is 5.45. The molecule has 2 unspecified atom stereocenters. The summed E-state index contributed by atoms with van der Waals surface area (Å²) in [6, 6.07) is 10.2. The molecule has 4 nitrogen and oxygen atoms in total. The molecule has 1 aromatic carbocycles. The van der Waals surface area contributed by atoms with Gasteiger partial charge in [-0.25, -0.2) is 4.79 Å². The lowest BCUT2D eigenvalue weighted by molar-refractivity contribution is -0.227. The Morgan fingerprint density at radius 3 is 2.95 bits per heavy atom. The van der Waals surface area contributed by atoms with E-state index in [-0.39, 0.29) is 12.3 Å². The lowest BCUT2D eigenvalue weighted by Gasteiger charge is -2.26. The average molecular weight is 316 g/mol. The first-order valence-corrected chi connectivity index (χ1v) is 8.29. The maximum Gasteiger partial charge on any atom is 0.333 e. The van der Waals surface area contributed by atoms with Gasteiger partial charge in [-0.1, -0.05) is 18.2 Å². The summed E-state index contributed by atoms with van der Waals surface area (Å²) in [5.74, 6) is -0.353. The number of benzene rings is 1. The van der Waals surface area contributed by atoms with Crippen molar-refractivity contribution in [2.24, 2.45) is 0 Å². The number of cyclic esters (lactones) is 1. The largest absolute Gasteiger partial charge is 0.428 e. The van der Waals surface area contributed by atoms with Gasteiger partial charge in [0.1, 0.15) is 0 Å². The van der Waals surface area contributed by atoms with E-state index in [2.05, 4.69) is 18.2 Å². The molecule has 0 amide bonds.